The van der Waals surface area contributed by atoms with Gasteiger partial charge >= 0.3 is 5.97 Å². The fourth-order valence-corrected chi connectivity index (χ4v) is 3.81. The van der Waals surface area contributed by atoms with Gasteiger partial charge in [-0.15, -0.1) is 11.3 Å². The number of rotatable bonds is 10. The molecule has 5 nitrogen and oxygen atoms in total. The molecule has 1 heterocycles. The molecule has 0 saturated carbocycles. The third-order valence-corrected chi connectivity index (χ3v) is 5.06. The number of carbonyl (C=O) groups excluding carboxylic acids is 1. The number of amides is 1. The molecule has 0 aliphatic carbocycles. The van der Waals surface area contributed by atoms with Crippen LogP contribution in [0.2, 0.25) is 0 Å². The lowest BCUT2D eigenvalue weighted by molar-refractivity contribution is -0.137. The molecular weight excluding hydrogens is 345 g/mol. The first-order valence-corrected chi connectivity index (χ1v) is 9.05. The molecule has 7 heteroatoms. The summed E-state index contributed by atoms with van der Waals surface area (Å²) in [6.45, 7) is 0.688. The molecule has 1 amide bonds. The van der Waals surface area contributed by atoms with E-state index in [1.165, 1.54) is 24.5 Å². The Morgan fingerprint density at radius 2 is 2.00 bits per heavy atom. The number of unbranched alkanes of at least 4 members (excludes halogenated alkanes) is 3. The Bertz CT molecular complexity index is 744. The minimum Gasteiger partial charge on any atom is -0.481 e. The highest BCUT2D eigenvalue weighted by atomic mass is 32.1. The van der Waals surface area contributed by atoms with Crippen molar-refractivity contribution in [2.75, 3.05) is 13.7 Å². The van der Waals surface area contributed by atoms with Gasteiger partial charge in [-0.25, -0.2) is 4.39 Å². The summed E-state index contributed by atoms with van der Waals surface area (Å²) < 4.78 is 20.0. The molecule has 0 saturated heterocycles. The van der Waals surface area contributed by atoms with Crippen LogP contribution in [-0.2, 0) is 16.1 Å². The fourth-order valence-electron chi connectivity index (χ4n) is 2.67. The number of halogens is 1. The SMILES string of the molecule is COCc1c(C(=O)NCCCCCCC(=O)O)sc2cccc(F)c12. The van der Waals surface area contributed by atoms with Crippen molar-refractivity contribution < 1.29 is 23.8 Å². The summed E-state index contributed by atoms with van der Waals surface area (Å²) in [6, 6.07) is 4.80. The summed E-state index contributed by atoms with van der Waals surface area (Å²) >= 11 is 1.26. The minimum atomic E-state index is -0.782. The van der Waals surface area contributed by atoms with Gasteiger partial charge in [0.05, 0.1) is 11.5 Å². The molecule has 1 aromatic heterocycles. The van der Waals surface area contributed by atoms with Crippen molar-refractivity contribution in [1.82, 2.24) is 5.32 Å². The monoisotopic (exact) mass is 367 g/mol. The number of aliphatic carboxylic acids is 1. The normalized spacial score (nSPS) is 11.0. The summed E-state index contributed by atoms with van der Waals surface area (Å²) in [5.74, 6) is -1.35. The predicted octanol–water partition coefficient (Wildman–Crippen LogP) is 3.95. The Morgan fingerprint density at radius 3 is 2.72 bits per heavy atom. The third kappa shape index (κ3) is 5.24. The van der Waals surface area contributed by atoms with Gasteiger partial charge in [0.1, 0.15) is 5.82 Å². The van der Waals surface area contributed by atoms with E-state index in [1.54, 1.807) is 12.1 Å². The number of fused-ring (bicyclic) bond motifs is 1. The lowest BCUT2D eigenvalue weighted by atomic mass is 10.1. The van der Waals surface area contributed by atoms with Gasteiger partial charge < -0.3 is 15.2 Å². The van der Waals surface area contributed by atoms with Crippen LogP contribution in [0.3, 0.4) is 0 Å². The number of carboxylic acids is 1. The summed E-state index contributed by atoms with van der Waals surface area (Å²) in [6.07, 6.45) is 3.30. The van der Waals surface area contributed by atoms with Crippen LogP contribution in [0.4, 0.5) is 4.39 Å². The highest BCUT2D eigenvalue weighted by Crippen LogP contribution is 2.33. The van der Waals surface area contributed by atoms with Crippen molar-refractivity contribution in [3.05, 3.63) is 34.5 Å². The maximum Gasteiger partial charge on any atom is 0.303 e. The minimum absolute atomic E-state index is 0.179. The van der Waals surface area contributed by atoms with E-state index in [-0.39, 0.29) is 24.8 Å². The third-order valence-electron chi connectivity index (χ3n) is 3.86. The highest BCUT2D eigenvalue weighted by molar-refractivity contribution is 7.21. The lowest BCUT2D eigenvalue weighted by Gasteiger charge is -2.06. The molecule has 0 radical (unpaired) electrons. The van der Waals surface area contributed by atoms with Crippen molar-refractivity contribution in [2.45, 2.75) is 38.7 Å². The largest absolute Gasteiger partial charge is 0.481 e. The average Bonchev–Trinajstić information content (AvgIpc) is 2.94. The Morgan fingerprint density at radius 1 is 1.24 bits per heavy atom. The zero-order valence-electron chi connectivity index (χ0n) is 14.1. The molecular formula is C18H22FNO4S. The quantitative estimate of drug-likeness (QED) is 0.624. The van der Waals surface area contributed by atoms with Crippen LogP contribution >= 0.6 is 11.3 Å². The Kier molecular flexibility index (Phi) is 7.33. The molecule has 25 heavy (non-hydrogen) atoms. The smallest absolute Gasteiger partial charge is 0.303 e. The van der Waals surface area contributed by atoms with Crippen LogP contribution in [0.25, 0.3) is 10.1 Å². The molecule has 0 aliphatic heterocycles. The molecule has 0 atom stereocenters. The molecule has 2 N–H and O–H groups in total. The molecule has 136 valence electrons. The first-order chi connectivity index (χ1) is 12.0. The van der Waals surface area contributed by atoms with Crippen molar-refractivity contribution in [1.29, 1.82) is 0 Å². The maximum absolute atomic E-state index is 14.1. The van der Waals surface area contributed by atoms with Gasteiger partial charge in [0.2, 0.25) is 0 Å². The van der Waals surface area contributed by atoms with Crippen LogP contribution in [0, 0.1) is 5.82 Å². The van der Waals surface area contributed by atoms with E-state index in [0.717, 1.165) is 24.0 Å². The summed E-state index contributed by atoms with van der Waals surface area (Å²) in [4.78, 5) is 23.3. The second-order valence-electron chi connectivity index (χ2n) is 5.77. The number of carbonyl (C=O) groups is 2. The van der Waals surface area contributed by atoms with Crippen LogP contribution < -0.4 is 5.32 Å². The number of thiophene rings is 1. The Balaban J connectivity index is 1.94. The summed E-state index contributed by atoms with van der Waals surface area (Å²) in [7, 11) is 1.52. The van der Waals surface area contributed by atoms with Gasteiger partial charge in [0.25, 0.3) is 5.91 Å². The molecule has 0 bridgehead atoms. The van der Waals surface area contributed by atoms with Crippen molar-refractivity contribution >= 4 is 33.3 Å². The van der Waals surface area contributed by atoms with Gasteiger partial charge in [0.15, 0.2) is 0 Å². The van der Waals surface area contributed by atoms with Gasteiger partial charge in [-0.1, -0.05) is 18.9 Å². The molecule has 0 spiro atoms. The maximum atomic E-state index is 14.1. The van der Waals surface area contributed by atoms with Gasteiger partial charge in [-0.3, -0.25) is 9.59 Å². The van der Waals surface area contributed by atoms with Crippen molar-refractivity contribution in [3.63, 3.8) is 0 Å². The molecule has 1 aromatic carbocycles. The number of methoxy groups -OCH3 is 1. The molecule has 2 rings (SSSR count). The van der Waals surface area contributed by atoms with Crippen molar-refractivity contribution in [2.24, 2.45) is 0 Å². The summed E-state index contributed by atoms with van der Waals surface area (Å²) in [5, 5.41) is 11.9. The Hall–Kier alpha value is -1.99. The predicted molar refractivity (Wildman–Crippen MR) is 95.6 cm³/mol. The van der Waals surface area contributed by atoms with E-state index in [4.69, 9.17) is 9.84 Å². The molecule has 2 aromatic rings. The number of hydrogen-bond donors (Lipinski definition) is 2. The molecule has 0 unspecified atom stereocenters. The van der Waals surface area contributed by atoms with E-state index in [2.05, 4.69) is 5.32 Å². The first kappa shape index (κ1) is 19.3. The fraction of sp³-hybridized carbons (Fsp3) is 0.444. The number of benzene rings is 1. The average molecular weight is 367 g/mol. The topological polar surface area (TPSA) is 75.6 Å². The van der Waals surface area contributed by atoms with Gasteiger partial charge in [0, 0.05) is 35.7 Å². The number of ether oxygens (including phenoxy) is 1. The van der Waals surface area contributed by atoms with E-state index < -0.39 is 5.97 Å². The second kappa shape index (κ2) is 9.48. The lowest BCUT2D eigenvalue weighted by Crippen LogP contribution is -2.24. The van der Waals surface area contributed by atoms with Crippen LogP contribution in [0.15, 0.2) is 18.2 Å². The molecule has 0 fully saturated rings. The number of nitrogens with one attached hydrogen (secondary N) is 1. The zero-order chi connectivity index (χ0) is 18.2. The van der Waals surface area contributed by atoms with E-state index in [9.17, 15) is 14.0 Å². The van der Waals surface area contributed by atoms with E-state index in [0.29, 0.717) is 28.8 Å². The van der Waals surface area contributed by atoms with Gasteiger partial charge in [-0.05, 0) is 25.0 Å². The second-order valence-corrected chi connectivity index (χ2v) is 6.82. The Labute approximate surface area is 149 Å². The van der Waals surface area contributed by atoms with E-state index in [1.807, 2.05) is 0 Å². The number of hydrogen-bond acceptors (Lipinski definition) is 4. The first-order valence-electron chi connectivity index (χ1n) is 8.23. The number of carboxylic acid groups (broad SMARTS) is 1. The highest BCUT2D eigenvalue weighted by Gasteiger charge is 2.20. The van der Waals surface area contributed by atoms with Crippen molar-refractivity contribution in [3.8, 4) is 0 Å². The van der Waals surface area contributed by atoms with Gasteiger partial charge in [-0.2, -0.15) is 0 Å². The van der Waals surface area contributed by atoms with Crippen LogP contribution in [-0.4, -0.2) is 30.6 Å². The molecule has 0 aliphatic rings. The van der Waals surface area contributed by atoms with Crippen LogP contribution in [0.1, 0.15) is 47.3 Å². The summed E-state index contributed by atoms with van der Waals surface area (Å²) in [5.41, 5.74) is 0.583. The van der Waals surface area contributed by atoms with Crippen LogP contribution in [0.5, 0.6) is 0 Å². The zero-order valence-corrected chi connectivity index (χ0v) is 15.0. The standard InChI is InChI=1S/C18H22FNO4S/c1-24-11-12-16-13(19)7-6-8-14(16)25-17(12)18(23)20-10-5-3-2-4-9-15(21)22/h6-8H,2-5,9-11H2,1H3,(H,20,23)(H,21,22). The van der Waals surface area contributed by atoms with E-state index >= 15 is 0 Å².